The number of nitrogens with one attached hydrogen (secondary N) is 1. The SMILES string of the molecule is Cc1ccc(N2CCCCC2)cc1NC(=O)C1CCN(C(=O)C(F)(F)F)CC1. The molecule has 2 amide bonds. The molecule has 0 bridgehead atoms. The molecule has 0 saturated carbocycles. The molecule has 0 aliphatic carbocycles. The summed E-state index contributed by atoms with van der Waals surface area (Å²) in [7, 11) is 0. The molecule has 2 aliphatic heterocycles. The van der Waals surface area contributed by atoms with Gasteiger partial charge in [0.25, 0.3) is 0 Å². The van der Waals surface area contributed by atoms with E-state index >= 15 is 0 Å². The highest BCUT2D eigenvalue weighted by Crippen LogP contribution is 2.28. The van der Waals surface area contributed by atoms with Crippen LogP contribution in [0, 0.1) is 12.8 Å². The van der Waals surface area contributed by atoms with Crippen molar-refractivity contribution in [3.63, 3.8) is 0 Å². The number of benzene rings is 1. The van der Waals surface area contributed by atoms with Gasteiger partial charge >= 0.3 is 12.1 Å². The van der Waals surface area contributed by atoms with Crippen LogP contribution in [-0.2, 0) is 9.59 Å². The molecule has 3 rings (SSSR count). The van der Waals surface area contributed by atoms with Crippen LogP contribution in [0.5, 0.6) is 0 Å². The summed E-state index contributed by atoms with van der Waals surface area (Å²) in [5, 5.41) is 2.94. The van der Waals surface area contributed by atoms with E-state index in [-0.39, 0.29) is 31.8 Å². The zero-order valence-electron chi connectivity index (χ0n) is 16.0. The second-order valence-electron chi connectivity index (χ2n) is 7.60. The minimum atomic E-state index is -4.86. The molecule has 28 heavy (non-hydrogen) atoms. The number of aryl methyl sites for hydroxylation is 1. The summed E-state index contributed by atoms with van der Waals surface area (Å²) in [6.07, 6.45) is -0.838. The lowest BCUT2D eigenvalue weighted by Gasteiger charge is -2.32. The minimum absolute atomic E-state index is 0.0524. The third kappa shape index (κ3) is 4.77. The molecule has 1 aromatic rings. The number of likely N-dealkylation sites (tertiary alicyclic amines) is 1. The second kappa shape index (κ2) is 8.41. The molecule has 0 aromatic heterocycles. The first-order valence-corrected chi connectivity index (χ1v) is 9.78. The first-order valence-electron chi connectivity index (χ1n) is 9.78. The van der Waals surface area contributed by atoms with Crippen molar-refractivity contribution in [1.29, 1.82) is 0 Å². The first-order chi connectivity index (χ1) is 13.3. The fraction of sp³-hybridized carbons (Fsp3) is 0.600. The van der Waals surface area contributed by atoms with Crippen LogP contribution in [0.4, 0.5) is 24.5 Å². The van der Waals surface area contributed by atoms with Crippen molar-refractivity contribution in [1.82, 2.24) is 4.90 Å². The number of alkyl halides is 3. The normalized spacial score (nSPS) is 18.9. The molecule has 5 nitrogen and oxygen atoms in total. The number of amides is 2. The Bertz CT molecular complexity index is 722. The van der Waals surface area contributed by atoms with Gasteiger partial charge in [-0.1, -0.05) is 6.07 Å². The summed E-state index contributed by atoms with van der Waals surface area (Å²) in [6, 6.07) is 6.00. The van der Waals surface area contributed by atoms with Crippen LogP contribution in [0.1, 0.15) is 37.7 Å². The van der Waals surface area contributed by atoms with Crippen molar-refractivity contribution in [2.24, 2.45) is 5.92 Å². The second-order valence-corrected chi connectivity index (χ2v) is 7.60. The molecule has 2 saturated heterocycles. The number of nitrogens with zero attached hydrogens (tertiary/aromatic N) is 2. The van der Waals surface area contributed by atoms with E-state index in [0.29, 0.717) is 0 Å². The molecule has 154 valence electrons. The summed E-state index contributed by atoms with van der Waals surface area (Å²) in [5.41, 5.74) is 2.76. The first kappa shape index (κ1) is 20.5. The molecule has 0 unspecified atom stereocenters. The van der Waals surface area contributed by atoms with Crippen molar-refractivity contribution >= 4 is 23.2 Å². The van der Waals surface area contributed by atoms with Crippen molar-refractivity contribution in [3.8, 4) is 0 Å². The van der Waals surface area contributed by atoms with E-state index in [9.17, 15) is 22.8 Å². The Morgan fingerprint density at radius 1 is 1.04 bits per heavy atom. The topological polar surface area (TPSA) is 52.7 Å². The van der Waals surface area contributed by atoms with E-state index in [2.05, 4.69) is 16.3 Å². The fourth-order valence-corrected chi connectivity index (χ4v) is 3.85. The van der Waals surface area contributed by atoms with Crippen LogP contribution in [0.2, 0.25) is 0 Å². The van der Waals surface area contributed by atoms with Crippen molar-refractivity contribution < 1.29 is 22.8 Å². The zero-order valence-corrected chi connectivity index (χ0v) is 16.0. The minimum Gasteiger partial charge on any atom is -0.371 e. The Hall–Kier alpha value is -2.25. The van der Waals surface area contributed by atoms with Crippen LogP contribution < -0.4 is 10.2 Å². The van der Waals surface area contributed by atoms with Crippen molar-refractivity contribution in [3.05, 3.63) is 23.8 Å². The van der Waals surface area contributed by atoms with Gasteiger partial charge in [-0.3, -0.25) is 9.59 Å². The van der Waals surface area contributed by atoms with Gasteiger partial charge in [-0.2, -0.15) is 13.2 Å². The van der Waals surface area contributed by atoms with E-state index in [1.807, 2.05) is 19.1 Å². The van der Waals surface area contributed by atoms with Gasteiger partial charge < -0.3 is 15.1 Å². The largest absolute Gasteiger partial charge is 0.471 e. The number of halogens is 3. The van der Waals surface area contributed by atoms with Crippen LogP contribution in [0.25, 0.3) is 0 Å². The van der Waals surface area contributed by atoms with Crippen LogP contribution in [0.15, 0.2) is 18.2 Å². The van der Waals surface area contributed by atoms with Gasteiger partial charge in [0.1, 0.15) is 0 Å². The van der Waals surface area contributed by atoms with Crippen LogP contribution >= 0.6 is 0 Å². The van der Waals surface area contributed by atoms with Gasteiger partial charge in [0, 0.05) is 43.5 Å². The van der Waals surface area contributed by atoms with Gasteiger partial charge in [0.15, 0.2) is 0 Å². The molecule has 0 atom stereocenters. The van der Waals surface area contributed by atoms with Gasteiger partial charge in [0.05, 0.1) is 0 Å². The monoisotopic (exact) mass is 397 g/mol. The Morgan fingerprint density at radius 2 is 1.68 bits per heavy atom. The average molecular weight is 397 g/mol. The standard InChI is InChI=1S/C20H26F3N3O2/c1-14-5-6-16(25-9-3-2-4-10-25)13-17(14)24-18(27)15-7-11-26(12-8-15)19(28)20(21,22)23/h5-6,13,15H,2-4,7-12H2,1H3,(H,24,27). The number of rotatable bonds is 3. The van der Waals surface area contributed by atoms with E-state index in [4.69, 9.17) is 0 Å². The fourth-order valence-electron chi connectivity index (χ4n) is 3.85. The average Bonchev–Trinajstić information content (AvgIpc) is 2.69. The zero-order chi connectivity index (χ0) is 20.3. The molecule has 0 radical (unpaired) electrons. The molecule has 2 aliphatic rings. The molecular weight excluding hydrogens is 371 g/mol. The quantitative estimate of drug-likeness (QED) is 0.846. The summed E-state index contributed by atoms with van der Waals surface area (Å²) in [4.78, 5) is 27.0. The lowest BCUT2D eigenvalue weighted by molar-refractivity contribution is -0.186. The molecular formula is C20H26F3N3O2. The Kier molecular flexibility index (Phi) is 6.15. The Morgan fingerprint density at radius 3 is 2.29 bits per heavy atom. The number of anilines is 2. The maximum atomic E-state index is 12.6. The smallest absolute Gasteiger partial charge is 0.371 e. The molecule has 0 spiro atoms. The van der Waals surface area contributed by atoms with Gasteiger partial charge in [0.2, 0.25) is 5.91 Å². The van der Waals surface area contributed by atoms with Crippen molar-refractivity contribution in [2.45, 2.75) is 45.2 Å². The highest BCUT2D eigenvalue weighted by molar-refractivity contribution is 5.94. The predicted octanol–water partition coefficient (Wildman–Crippen LogP) is 3.72. The predicted molar refractivity (Wildman–Crippen MR) is 101 cm³/mol. The lowest BCUT2D eigenvalue weighted by atomic mass is 9.95. The van der Waals surface area contributed by atoms with Gasteiger partial charge in [-0.05, 0) is 56.7 Å². The number of hydrogen-bond donors (Lipinski definition) is 1. The van der Waals surface area contributed by atoms with Crippen LogP contribution in [-0.4, -0.2) is 49.1 Å². The maximum absolute atomic E-state index is 12.6. The summed E-state index contributed by atoms with van der Waals surface area (Å²) in [6.45, 7) is 3.82. The number of piperidine rings is 2. The number of carbonyl (C=O) groups excluding carboxylic acids is 2. The summed E-state index contributed by atoms with van der Waals surface area (Å²) < 4.78 is 37.6. The van der Waals surface area contributed by atoms with Gasteiger partial charge in [-0.15, -0.1) is 0 Å². The number of hydrogen-bond acceptors (Lipinski definition) is 3. The van der Waals surface area contributed by atoms with E-state index in [0.717, 1.165) is 47.8 Å². The van der Waals surface area contributed by atoms with Crippen LogP contribution in [0.3, 0.4) is 0 Å². The Labute approximate surface area is 162 Å². The Balaban J connectivity index is 1.60. The summed E-state index contributed by atoms with van der Waals surface area (Å²) >= 11 is 0. The highest BCUT2D eigenvalue weighted by Gasteiger charge is 2.43. The highest BCUT2D eigenvalue weighted by atomic mass is 19.4. The molecule has 8 heteroatoms. The van der Waals surface area contributed by atoms with E-state index in [1.54, 1.807) is 0 Å². The molecule has 2 heterocycles. The lowest BCUT2D eigenvalue weighted by Crippen LogP contribution is -2.46. The molecule has 1 N–H and O–H groups in total. The van der Waals surface area contributed by atoms with Gasteiger partial charge in [-0.25, -0.2) is 0 Å². The third-order valence-corrected chi connectivity index (χ3v) is 5.60. The van der Waals surface area contributed by atoms with Crippen molar-refractivity contribution in [2.75, 3.05) is 36.4 Å². The third-order valence-electron chi connectivity index (χ3n) is 5.60. The number of carbonyl (C=O) groups is 2. The van der Waals surface area contributed by atoms with E-state index in [1.165, 1.54) is 6.42 Å². The summed E-state index contributed by atoms with van der Waals surface area (Å²) in [5.74, 6) is -2.41. The van der Waals surface area contributed by atoms with E-state index < -0.39 is 18.0 Å². The maximum Gasteiger partial charge on any atom is 0.471 e. The molecule has 2 fully saturated rings. The molecule has 1 aromatic carbocycles.